The van der Waals surface area contributed by atoms with Crippen LogP contribution < -0.4 is 5.32 Å². The van der Waals surface area contributed by atoms with Crippen molar-refractivity contribution in [3.05, 3.63) is 29.6 Å². The van der Waals surface area contributed by atoms with E-state index in [2.05, 4.69) is 5.32 Å². The molecule has 0 aliphatic carbocycles. The first kappa shape index (κ1) is 18.1. The normalized spacial score (nSPS) is 12.0. The van der Waals surface area contributed by atoms with E-state index in [0.29, 0.717) is 19.6 Å². The van der Waals surface area contributed by atoms with Gasteiger partial charge in [0.15, 0.2) is 0 Å². The van der Waals surface area contributed by atoms with Crippen molar-refractivity contribution in [2.75, 3.05) is 19.6 Å². The van der Waals surface area contributed by atoms with Crippen LogP contribution in [0.5, 0.6) is 0 Å². The van der Waals surface area contributed by atoms with Crippen molar-refractivity contribution in [3.8, 4) is 0 Å². The molecule has 1 aromatic rings. The molecule has 0 aromatic heterocycles. The average Bonchev–Trinajstić information content (AvgIpc) is 2.45. The number of sulfonamides is 1. The highest BCUT2D eigenvalue weighted by molar-refractivity contribution is 7.89. The maximum Gasteiger partial charge on any atom is 0.245 e. The number of unbranched alkanes of at least 4 members (excludes halogenated alkanes) is 1. The molecular weight excluding hydrogens is 291 g/mol. The van der Waals surface area contributed by atoms with Crippen molar-refractivity contribution in [1.29, 1.82) is 0 Å². The number of nitrogens with one attached hydrogen (secondary N) is 1. The lowest BCUT2D eigenvalue weighted by Crippen LogP contribution is -2.32. The fraction of sp³-hybridized carbons (Fsp3) is 0.600. The Balaban J connectivity index is 3.01. The van der Waals surface area contributed by atoms with Gasteiger partial charge in [0, 0.05) is 19.6 Å². The number of rotatable bonds is 9. The van der Waals surface area contributed by atoms with E-state index < -0.39 is 15.8 Å². The lowest BCUT2D eigenvalue weighted by molar-refractivity contribution is 0.415. The summed E-state index contributed by atoms with van der Waals surface area (Å²) < 4.78 is 40.5. The molecule has 21 heavy (non-hydrogen) atoms. The molecule has 4 nitrogen and oxygen atoms in total. The second-order valence-corrected chi connectivity index (χ2v) is 6.80. The Morgan fingerprint density at radius 2 is 1.95 bits per heavy atom. The lowest BCUT2D eigenvalue weighted by atomic mass is 10.2. The van der Waals surface area contributed by atoms with E-state index in [9.17, 15) is 12.8 Å². The number of nitrogens with zero attached hydrogens (tertiary/aromatic N) is 1. The van der Waals surface area contributed by atoms with Crippen LogP contribution in [0.25, 0.3) is 0 Å². The number of hydrogen-bond acceptors (Lipinski definition) is 3. The van der Waals surface area contributed by atoms with Gasteiger partial charge in [0.2, 0.25) is 10.0 Å². The molecule has 0 radical (unpaired) electrons. The average molecular weight is 316 g/mol. The number of halogens is 1. The van der Waals surface area contributed by atoms with Crippen LogP contribution in [-0.2, 0) is 16.6 Å². The van der Waals surface area contributed by atoms with Gasteiger partial charge in [-0.25, -0.2) is 12.8 Å². The fourth-order valence-corrected chi connectivity index (χ4v) is 3.59. The minimum absolute atomic E-state index is 0.235. The van der Waals surface area contributed by atoms with Gasteiger partial charge in [-0.2, -0.15) is 4.31 Å². The zero-order chi connectivity index (χ0) is 15.9. The minimum atomic E-state index is -3.75. The van der Waals surface area contributed by atoms with E-state index in [-0.39, 0.29) is 4.90 Å². The molecule has 0 bridgehead atoms. The summed E-state index contributed by atoms with van der Waals surface area (Å²) in [5.74, 6) is -0.680. The molecule has 0 atom stereocenters. The highest BCUT2D eigenvalue weighted by Crippen LogP contribution is 2.21. The molecule has 0 saturated heterocycles. The van der Waals surface area contributed by atoms with E-state index in [1.807, 2.05) is 13.8 Å². The SMILES string of the molecule is CCCCN(CC)S(=O)(=O)c1ccc(CNCC)cc1F. The molecule has 6 heteroatoms. The van der Waals surface area contributed by atoms with E-state index in [0.717, 1.165) is 24.9 Å². The first-order chi connectivity index (χ1) is 9.97. The molecule has 0 saturated carbocycles. The van der Waals surface area contributed by atoms with Crippen LogP contribution in [-0.4, -0.2) is 32.4 Å². The van der Waals surface area contributed by atoms with Crippen LogP contribution in [0.1, 0.15) is 39.2 Å². The van der Waals surface area contributed by atoms with Crippen molar-refractivity contribution in [3.63, 3.8) is 0 Å². The van der Waals surface area contributed by atoms with Crippen LogP contribution in [0, 0.1) is 5.82 Å². The minimum Gasteiger partial charge on any atom is -0.313 e. The summed E-state index contributed by atoms with van der Waals surface area (Å²) in [6.45, 7) is 7.81. The molecule has 0 unspecified atom stereocenters. The van der Waals surface area contributed by atoms with Crippen LogP contribution in [0.15, 0.2) is 23.1 Å². The predicted octanol–water partition coefficient (Wildman–Crippen LogP) is 2.75. The van der Waals surface area contributed by atoms with Gasteiger partial charge in [-0.1, -0.05) is 33.3 Å². The van der Waals surface area contributed by atoms with Crippen molar-refractivity contribution in [2.45, 2.75) is 45.1 Å². The second-order valence-electron chi connectivity index (χ2n) is 4.90. The number of hydrogen-bond donors (Lipinski definition) is 1. The summed E-state index contributed by atoms with van der Waals surface area (Å²) in [4.78, 5) is -0.235. The van der Waals surface area contributed by atoms with Crippen molar-refractivity contribution >= 4 is 10.0 Å². The molecule has 1 rings (SSSR count). The summed E-state index contributed by atoms with van der Waals surface area (Å²) in [6.07, 6.45) is 1.67. The Hall–Kier alpha value is -0.980. The highest BCUT2D eigenvalue weighted by atomic mass is 32.2. The fourth-order valence-electron chi connectivity index (χ4n) is 2.05. The molecule has 1 aromatic carbocycles. The van der Waals surface area contributed by atoms with Gasteiger partial charge < -0.3 is 5.32 Å². The predicted molar refractivity (Wildman–Crippen MR) is 83.1 cm³/mol. The molecule has 120 valence electrons. The number of benzene rings is 1. The second kappa shape index (κ2) is 8.46. The highest BCUT2D eigenvalue weighted by Gasteiger charge is 2.25. The van der Waals surface area contributed by atoms with Gasteiger partial charge in [0.25, 0.3) is 0 Å². The summed E-state index contributed by atoms with van der Waals surface area (Å²) in [6, 6.07) is 4.32. The van der Waals surface area contributed by atoms with Crippen molar-refractivity contribution in [2.24, 2.45) is 0 Å². The van der Waals surface area contributed by atoms with E-state index in [1.165, 1.54) is 16.4 Å². The lowest BCUT2D eigenvalue weighted by Gasteiger charge is -2.20. The summed E-state index contributed by atoms with van der Waals surface area (Å²) in [5, 5.41) is 3.09. The Morgan fingerprint density at radius 1 is 1.24 bits per heavy atom. The Kier molecular flexibility index (Phi) is 7.28. The molecular formula is C15H25FN2O2S. The van der Waals surface area contributed by atoms with Gasteiger partial charge >= 0.3 is 0 Å². The first-order valence-corrected chi connectivity index (χ1v) is 8.90. The Bertz CT molecular complexity index is 547. The molecule has 1 N–H and O–H groups in total. The quantitative estimate of drug-likeness (QED) is 0.762. The van der Waals surface area contributed by atoms with Gasteiger partial charge in [0.1, 0.15) is 10.7 Å². The topological polar surface area (TPSA) is 49.4 Å². The van der Waals surface area contributed by atoms with E-state index >= 15 is 0 Å². The summed E-state index contributed by atoms with van der Waals surface area (Å²) in [5.41, 5.74) is 0.741. The van der Waals surface area contributed by atoms with Crippen LogP contribution in [0.4, 0.5) is 4.39 Å². The summed E-state index contributed by atoms with van der Waals surface area (Å²) in [7, 11) is -3.75. The van der Waals surface area contributed by atoms with Crippen LogP contribution >= 0.6 is 0 Å². The van der Waals surface area contributed by atoms with Gasteiger partial charge in [0.05, 0.1) is 0 Å². The first-order valence-electron chi connectivity index (χ1n) is 7.46. The van der Waals surface area contributed by atoms with E-state index in [1.54, 1.807) is 13.0 Å². The smallest absolute Gasteiger partial charge is 0.245 e. The maximum atomic E-state index is 14.2. The molecule has 0 fully saturated rings. The molecule has 0 heterocycles. The molecule has 0 aliphatic rings. The Morgan fingerprint density at radius 3 is 2.48 bits per heavy atom. The van der Waals surface area contributed by atoms with Gasteiger partial charge in [-0.05, 0) is 30.7 Å². The third-order valence-corrected chi connectivity index (χ3v) is 5.31. The molecule has 0 aliphatic heterocycles. The maximum absolute atomic E-state index is 14.2. The van der Waals surface area contributed by atoms with Gasteiger partial charge in [-0.3, -0.25) is 0 Å². The largest absolute Gasteiger partial charge is 0.313 e. The van der Waals surface area contributed by atoms with Crippen molar-refractivity contribution in [1.82, 2.24) is 9.62 Å². The molecule has 0 spiro atoms. The monoisotopic (exact) mass is 316 g/mol. The zero-order valence-corrected chi connectivity index (χ0v) is 13.8. The molecule has 0 amide bonds. The van der Waals surface area contributed by atoms with Crippen LogP contribution in [0.3, 0.4) is 0 Å². The van der Waals surface area contributed by atoms with Crippen LogP contribution in [0.2, 0.25) is 0 Å². The van der Waals surface area contributed by atoms with Crippen molar-refractivity contribution < 1.29 is 12.8 Å². The zero-order valence-electron chi connectivity index (χ0n) is 13.0. The third kappa shape index (κ3) is 4.76. The van der Waals surface area contributed by atoms with Gasteiger partial charge in [-0.15, -0.1) is 0 Å². The Labute approximate surface area is 127 Å². The summed E-state index contributed by atoms with van der Waals surface area (Å²) >= 11 is 0. The third-order valence-electron chi connectivity index (χ3n) is 3.31. The van der Waals surface area contributed by atoms with E-state index in [4.69, 9.17) is 0 Å². The standard InChI is InChI=1S/C15H25FN2O2S/c1-4-7-10-18(6-3)21(19,20)15-9-8-13(11-14(15)16)12-17-5-2/h8-9,11,17H,4-7,10,12H2,1-3H3.